The molecule has 1 heterocycles. The number of hydrazine groups is 1. The summed E-state index contributed by atoms with van der Waals surface area (Å²) in [7, 11) is 0. The van der Waals surface area contributed by atoms with E-state index in [2.05, 4.69) is 0 Å². The van der Waals surface area contributed by atoms with Gasteiger partial charge in [-0.05, 0) is 6.92 Å². The van der Waals surface area contributed by atoms with Crippen molar-refractivity contribution in [3.63, 3.8) is 0 Å². The molecule has 0 bridgehead atoms. The lowest BCUT2D eigenvalue weighted by molar-refractivity contribution is -0.137. The molecular formula is C8H14N2O4. The highest BCUT2D eigenvalue weighted by molar-refractivity contribution is 5.71. The van der Waals surface area contributed by atoms with Crippen LogP contribution in [-0.2, 0) is 14.3 Å². The van der Waals surface area contributed by atoms with Crippen molar-refractivity contribution in [1.29, 1.82) is 0 Å². The lowest BCUT2D eigenvalue weighted by Gasteiger charge is -2.15. The molecule has 1 fully saturated rings. The second-order valence-corrected chi connectivity index (χ2v) is 3.12. The number of cyclic esters (lactones) is 1. The second kappa shape index (κ2) is 4.80. The molecule has 14 heavy (non-hydrogen) atoms. The highest BCUT2D eigenvalue weighted by Crippen LogP contribution is 2.14. The van der Waals surface area contributed by atoms with Crippen LogP contribution in [0.25, 0.3) is 0 Å². The molecule has 0 aromatic rings. The molecular weight excluding hydrogens is 188 g/mol. The zero-order valence-electron chi connectivity index (χ0n) is 8.06. The van der Waals surface area contributed by atoms with Crippen molar-refractivity contribution in [3.05, 3.63) is 0 Å². The largest absolute Gasteiger partial charge is 0.465 e. The van der Waals surface area contributed by atoms with E-state index >= 15 is 0 Å². The van der Waals surface area contributed by atoms with Gasteiger partial charge in [-0.15, -0.1) is 0 Å². The van der Waals surface area contributed by atoms with Crippen LogP contribution >= 0.6 is 0 Å². The molecule has 6 nitrogen and oxygen atoms in total. The van der Waals surface area contributed by atoms with Crippen molar-refractivity contribution in [1.82, 2.24) is 5.01 Å². The van der Waals surface area contributed by atoms with Crippen LogP contribution in [0.2, 0.25) is 0 Å². The molecule has 0 saturated carbocycles. The van der Waals surface area contributed by atoms with Crippen LogP contribution in [0.3, 0.4) is 0 Å². The minimum Gasteiger partial charge on any atom is -0.465 e. The standard InChI is InChI=1S/C8H14N2O4/c1-2-10(9)8(12)14-5-6-3-7(11)13-4-6/h6H,2-5,9H2,1H3. The van der Waals surface area contributed by atoms with Gasteiger partial charge in [-0.2, -0.15) is 0 Å². The van der Waals surface area contributed by atoms with Crippen molar-refractivity contribution in [2.45, 2.75) is 13.3 Å². The van der Waals surface area contributed by atoms with Gasteiger partial charge < -0.3 is 9.47 Å². The molecule has 1 rings (SSSR count). The fraction of sp³-hybridized carbons (Fsp3) is 0.750. The number of ether oxygens (including phenoxy) is 2. The first-order valence-electron chi connectivity index (χ1n) is 4.48. The lowest BCUT2D eigenvalue weighted by atomic mass is 10.1. The Morgan fingerprint density at radius 3 is 3.00 bits per heavy atom. The normalized spacial score (nSPS) is 20.4. The van der Waals surface area contributed by atoms with Crippen LogP contribution < -0.4 is 5.84 Å². The lowest BCUT2D eigenvalue weighted by Crippen LogP contribution is -2.38. The Morgan fingerprint density at radius 1 is 1.79 bits per heavy atom. The molecule has 1 unspecified atom stereocenters. The Labute approximate surface area is 81.9 Å². The first-order valence-corrected chi connectivity index (χ1v) is 4.48. The number of esters is 1. The number of amides is 1. The third-order valence-corrected chi connectivity index (χ3v) is 1.95. The molecule has 1 saturated heterocycles. The van der Waals surface area contributed by atoms with Gasteiger partial charge in [-0.3, -0.25) is 4.79 Å². The minimum atomic E-state index is -0.577. The van der Waals surface area contributed by atoms with E-state index in [9.17, 15) is 9.59 Å². The maximum absolute atomic E-state index is 11.1. The Hall–Kier alpha value is -1.30. The topological polar surface area (TPSA) is 81.9 Å². The highest BCUT2D eigenvalue weighted by Gasteiger charge is 2.25. The first-order chi connectivity index (χ1) is 6.63. The van der Waals surface area contributed by atoms with Crippen molar-refractivity contribution >= 4 is 12.1 Å². The average molecular weight is 202 g/mol. The smallest absolute Gasteiger partial charge is 0.424 e. The number of carbonyl (C=O) groups is 2. The van der Waals surface area contributed by atoms with Gasteiger partial charge in [0.1, 0.15) is 0 Å². The summed E-state index contributed by atoms with van der Waals surface area (Å²) in [5.41, 5.74) is 0. The third kappa shape index (κ3) is 2.88. The van der Waals surface area contributed by atoms with Crippen LogP contribution in [0.4, 0.5) is 4.79 Å². The molecule has 1 aliphatic heterocycles. The Bertz CT molecular complexity index is 231. The van der Waals surface area contributed by atoms with Crippen LogP contribution in [0.1, 0.15) is 13.3 Å². The van der Waals surface area contributed by atoms with E-state index in [1.165, 1.54) is 0 Å². The fourth-order valence-corrected chi connectivity index (χ4v) is 1.07. The monoisotopic (exact) mass is 202 g/mol. The van der Waals surface area contributed by atoms with E-state index in [-0.39, 0.29) is 18.5 Å². The summed E-state index contributed by atoms with van der Waals surface area (Å²) < 4.78 is 9.57. The van der Waals surface area contributed by atoms with E-state index in [0.717, 1.165) is 5.01 Å². The Balaban J connectivity index is 2.20. The fourth-order valence-electron chi connectivity index (χ4n) is 1.07. The number of carbonyl (C=O) groups excluding carboxylic acids is 2. The van der Waals surface area contributed by atoms with Gasteiger partial charge in [-0.1, -0.05) is 0 Å². The third-order valence-electron chi connectivity index (χ3n) is 1.95. The summed E-state index contributed by atoms with van der Waals surface area (Å²) in [5, 5.41) is 0.970. The summed E-state index contributed by atoms with van der Waals surface area (Å²) >= 11 is 0. The number of hydrogen-bond donors (Lipinski definition) is 1. The number of nitrogens with zero attached hydrogens (tertiary/aromatic N) is 1. The predicted octanol–water partition coefficient (Wildman–Crippen LogP) is -0.118. The molecule has 80 valence electrons. The number of hydrogen-bond acceptors (Lipinski definition) is 5. The van der Waals surface area contributed by atoms with E-state index in [0.29, 0.717) is 19.6 Å². The quantitative estimate of drug-likeness (QED) is 0.298. The average Bonchev–Trinajstić information content (AvgIpc) is 2.59. The molecule has 1 aliphatic rings. The van der Waals surface area contributed by atoms with Gasteiger partial charge in [0.05, 0.1) is 19.6 Å². The summed E-state index contributed by atoms with van der Waals surface area (Å²) in [4.78, 5) is 21.8. The summed E-state index contributed by atoms with van der Waals surface area (Å²) in [6, 6.07) is 0. The van der Waals surface area contributed by atoms with Crippen molar-refractivity contribution in [2.24, 2.45) is 11.8 Å². The molecule has 0 aromatic carbocycles. The van der Waals surface area contributed by atoms with Crippen LogP contribution in [-0.4, -0.2) is 36.8 Å². The van der Waals surface area contributed by atoms with E-state index in [4.69, 9.17) is 15.3 Å². The van der Waals surface area contributed by atoms with Crippen LogP contribution in [0.15, 0.2) is 0 Å². The van der Waals surface area contributed by atoms with Gasteiger partial charge in [0.25, 0.3) is 0 Å². The maximum atomic E-state index is 11.1. The highest BCUT2D eigenvalue weighted by atomic mass is 16.6. The van der Waals surface area contributed by atoms with Gasteiger partial charge in [0.15, 0.2) is 0 Å². The SMILES string of the molecule is CCN(N)C(=O)OCC1COC(=O)C1. The van der Waals surface area contributed by atoms with Crippen LogP contribution in [0.5, 0.6) is 0 Å². The van der Waals surface area contributed by atoms with Gasteiger partial charge in [-0.25, -0.2) is 15.6 Å². The minimum absolute atomic E-state index is 0.0308. The van der Waals surface area contributed by atoms with Crippen molar-refractivity contribution < 1.29 is 19.1 Å². The zero-order chi connectivity index (χ0) is 10.6. The maximum Gasteiger partial charge on any atom is 0.424 e. The molecule has 1 atom stereocenters. The first kappa shape index (κ1) is 10.8. The van der Waals surface area contributed by atoms with Crippen molar-refractivity contribution in [3.8, 4) is 0 Å². The van der Waals surface area contributed by atoms with E-state index in [1.54, 1.807) is 6.92 Å². The molecule has 0 aromatic heterocycles. The van der Waals surface area contributed by atoms with Gasteiger partial charge in [0.2, 0.25) is 0 Å². The molecule has 0 radical (unpaired) electrons. The zero-order valence-corrected chi connectivity index (χ0v) is 8.06. The molecule has 6 heteroatoms. The summed E-state index contributed by atoms with van der Waals surface area (Å²) in [6.07, 6.45) is -0.267. The Kier molecular flexibility index (Phi) is 3.70. The van der Waals surface area contributed by atoms with Crippen LogP contribution in [0, 0.1) is 5.92 Å². The summed E-state index contributed by atoms with van der Waals surface area (Å²) in [6.45, 7) is 2.63. The molecule has 2 N–H and O–H groups in total. The Morgan fingerprint density at radius 2 is 2.50 bits per heavy atom. The summed E-state index contributed by atoms with van der Waals surface area (Å²) in [5.74, 6) is 5.01. The molecule has 0 aliphatic carbocycles. The van der Waals surface area contributed by atoms with E-state index < -0.39 is 6.09 Å². The predicted molar refractivity (Wildman–Crippen MR) is 47.0 cm³/mol. The molecule has 1 amide bonds. The number of rotatable bonds is 3. The second-order valence-electron chi connectivity index (χ2n) is 3.12. The van der Waals surface area contributed by atoms with Gasteiger partial charge >= 0.3 is 12.1 Å². The number of nitrogens with two attached hydrogens (primary N) is 1. The van der Waals surface area contributed by atoms with Crippen molar-refractivity contribution in [2.75, 3.05) is 19.8 Å². The molecule has 0 spiro atoms. The van der Waals surface area contributed by atoms with Gasteiger partial charge in [0, 0.05) is 12.5 Å². The van der Waals surface area contributed by atoms with E-state index in [1.807, 2.05) is 0 Å².